The molecule has 0 unspecified atom stereocenters. The van der Waals surface area contributed by atoms with Crippen LogP contribution in [0.1, 0.15) is 0 Å². The van der Waals surface area contributed by atoms with Crippen molar-refractivity contribution >= 4 is 23.7 Å². The third-order valence-corrected chi connectivity index (χ3v) is 4.54. The summed E-state index contributed by atoms with van der Waals surface area (Å²) in [7, 11) is 0. The van der Waals surface area contributed by atoms with Gasteiger partial charge in [0, 0.05) is 49.0 Å². The maximum absolute atomic E-state index is 12.4. The lowest BCUT2D eigenvalue weighted by Gasteiger charge is -2.39. The Hall–Kier alpha value is -4.22. The number of aromatic nitrogens is 4. The first-order valence-electron chi connectivity index (χ1n) is 9.78. The van der Waals surface area contributed by atoms with E-state index in [1.54, 1.807) is 24.7 Å². The van der Waals surface area contributed by atoms with Gasteiger partial charge in [0.2, 0.25) is 5.95 Å². The van der Waals surface area contributed by atoms with Crippen LogP contribution in [0.4, 0.5) is 30.6 Å². The normalized spacial score (nSPS) is 14.1. The van der Waals surface area contributed by atoms with Crippen LogP contribution >= 0.6 is 0 Å². The monoisotopic (exact) mass is 457 g/mol. The van der Waals surface area contributed by atoms with Crippen molar-refractivity contribution in [3.63, 3.8) is 0 Å². The Labute approximate surface area is 186 Å². The zero-order valence-electron chi connectivity index (χ0n) is 17.0. The van der Waals surface area contributed by atoms with Crippen molar-refractivity contribution in [3.05, 3.63) is 61.3 Å². The van der Waals surface area contributed by atoms with Gasteiger partial charge in [-0.1, -0.05) is 6.07 Å². The van der Waals surface area contributed by atoms with E-state index in [0.717, 1.165) is 19.4 Å². The Morgan fingerprint density at radius 1 is 1.12 bits per heavy atom. The van der Waals surface area contributed by atoms with E-state index in [1.807, 2.05) is 4.90 Å². The summed E-state index contributed by atoms with van der Waals surface area (Å²) in [4.78, 5) is 29.5. The molecular weight excluding hydrogens is 439 g/mol. The van der Waals surface area contributed by atoms with Gasteiger partial charge in [-0.3, -0.25) is 9.78 Å². The van der Waals surface area contributed by atoms with E-state index in [1.165, 1.54) is 36.7 Å². The van der Waals surface area contributed by atoms with Gasteiger partial charge in [-0.2, -0.15) is 0 Å². The van der Waals surface area contributed by atoms with Crippen molar-refractivity contribution in [2.75, 3.05) is 23.7 Å². The highest BCUT2D eigenvalue weighted by atomic mass is 19.4. The number of nitrogens with zero attached hydrogens (tertiary/aromatic N) is 5. The molecule has 9 nitrogen and oxygen atoms in total. The number of carbonyl (C=O) groups excluding carboxylic acids is 1. The number of hydrogen-bond acceptors (Lipinski definition) is 9. The first-order valence-corrected chi connectivity index (χ1v) is 9.78. The molecule has 1 aliphatic heterocycles. The Kier molecular flexibility index (Phi) is 6.33. The molecule has 1 fully saturated rings. The molecule has 0 atom stereocenters. The SMILES string of the molecule is O=CC=CN1CC(Nc2cncc(-c3cnc(Nc4cccc(OC(F)(F)F)c4)nc3)n2)C1. The fourth-order valence-corrected chi connectivity index (χ4v) is 3.09. The maximum atomic E-state index is 12.4. The van der Waals surface area contributed by atoms with Crippen molar-refractivity contribution in [3.8, 4) is 17.0 Å². The van der Waals surface area contributed by atoms with Gasteiger partial charge in [0.1, 0.15) is 17.9 Å². The second-order valence-corrected chi connectivity index (χ2v) is 7.06. The van der Waals surface area contributed by atoms with Gasteiger partial charge in [-0.25, -0.2) is 15.0 Å². The van der Waals surface area contributed by atoms with Crippen molar-refractivity contribution in [2.45, 2.75) is 12.4 Å². The zero-order chi connectivity index (χ0) is 23.3. The molecule has 1 saturated heterocycles. The lowest BCUT2D eigenvalue weighted by Crippen LogP contribution is -2.52. The second kappa shape index (κ2) is 9.51. The van der Waals surface area contributed by atoms with E-state index in [0.29, 0.717) is 22.8 Å². The highest BCUT2D eigenvalue weighted by Gasteiger charge is 2.31. The summed E-state index contributed by atoms with van der Waals surface area (Å²) in [5.74, 6) is 0.446. The van der Waals surface area contributed by atoms with Crippen LogP contribution in [-0.4, -0.2) is 56.6 Å². The van der Waals surface area contributed by atoms with E-state index >= 15 is 0 Å². The number of rotatable bonds is 8. The topological polar surface area (TPSA) is 105 Å². The molecule has 1 aliphatic rings. The number of benzene rings is 1. The lowest BCUT2D eigenvalue weighted by atomic mass is 10.1. The average molecular weight is 457 g/mol. The highest BCUT2D eigenvalue weighted by Crippen LogP contribution is 2.26. The van der Waals surface area contributed by atoms with Gasteiger partial charge in [0.05, 0.1) is 24.1 Å². The summed E-state index contributed by atoms with van der Waals surface area (Å²) in [6, 6.07) is 5.57. The van der Waals surface area contributed by atoms with Crippen molar-refractivity contribution in [1.82, 2.24) is 24.8 Å². The van der Waals surface area contributed by atoms with E-state index < -0.39 is 6.36 Å². The van der Waals surface area contributed by atoms with Crippen molar-refractivity contribution in [2.24, 2.45) is 0 Å². The van der Waals surface area contributed by atoms with Gasteiger partial charge in [0.15, 0.2) is 0 Å². The largest absolute Gasteiger partial charge is 0.573 e. The molecule has 3 heterocycles. The number of nitrogens with one attached hydrogen (secondary N) is 2. The summed E-state index contributed by atoms with van der Waals surface area (Å²) < 4.78 is 41.1. The standard InChI is InChI=1S/C21H18F3N7O2/c22-21(23,24)33-17-4-1-3-15(7-17)29-20-26-8-14(9-27-20)18-10-25-11-19(30-18)28-16-12-31(13-16)5-2-6-32/h1-11,16H,12-13H2,(H,28,30)(H,26,27,29). The molecule has 4 rings (SSSR count). The van der Waals surface area contributed by atoms with Crippen LogP contribution < -0.4 is 15.4 Å². The number of alkyl halides is 3. The average Bonchev–Trinajstić information content (AvgIpc) is 2.75. The molecule has 170 valence electrons. The summed E-state index contributed by atoms with van der Waals surface area (Å²) in [5, 5.41) is 6.11. The number of aldehydes is 1. The molecule has 0 aliphatic carbocycles. The van der Waals surface area contributed by atoms with E-state index in [9.17, 15) is 18.0 Å². The number of anilines is 3. The van der Waals surface area contributed by atoms with Crippen LogP contribution in [0.3, 0.4) is 0 Å². The molecule has 0 saturated carbocycles. The molecule has 3 aromatic rings. The van der Waals surface area contributed by atoms with Crippen molar-refractivity contribution < 1.29 is 22.7 Å². The second-order valence-electron chi connectivity index (χ2n) is 7.06. The Balaban J connectivity index is 1.38. The van der Waals surface area contributed by atoms with Crippen LogP contribution in [0.5, 0.6) is 5.75 Å². The molecule has 0 bridgehead atoms. The quantitative estimate of drug-likeness (QED) is 0.389. The number of likely N-dealkylation sites (tertiary alicyclic amines) is 1. The zero-order valence-corrected chi connectivity index (χ0v) is 17.0. The number of allylic oxidation sites excluding steroid dienone is 1. The molecule has 12 heteroatoms. The minimum absolute atomic E-state index is 0.186. The van der Waals surface area contributed by atoms with Crippen LogP contribution in [0.15, 0.2) is 61.3 Å². The van der Waals surface area contributed by atoms with Gasteiger partial charge >= 0.3 is 6.36 Å². The van der Waals surface area contributed by atoms with Gasteiger partial charge < -0.3 is 20.3 Å². The lowest BCUT2D eigenvalue weighted by molar-refractivity contribution is -0.274. The minimum atomic E-state index is -4.77. The van der Waals surface area contributed by atoms with Gasteiger partial charge in [-0.15, -0.1) is 13.2 Å². The molecular formula is C21H18F3N7O2. The number of carbonyl (C=O) groups is 1. The number of hydrogen-bond donors (Lipinski definition) is 2. The Morgan fingerprint density at radius 2 is 1.91 bits per heavy atom. The fourth-order valence-electron chi connectivity index (χ4n) is 3.09. The summed E-state index contributed by atoms with van der Waals surface area (Å²) in [6.07, 6.45) is 5.41. The van der Waals surface area contributed by atoms with Crippen LogP contribution in [0.25, 0.3) is 11.3 Å². The highest BCUT2D eigenvalue weighted by molar-refractivity contribution is 5.64. The van der Waals surface area contributed by atoms with Crippen LogP contribution in [0.2, 0.25) is 0 Å². The predicted molar refractivity (Wildman–Crippen MR) is 114 cm³/mol. The van der Waals surface area contributed by atoms with Crippen LogP contribution in [0, 0.1) is 0 Å². The molecule has 0 radical (unpaired) electrons. The smallest absolute Gasteiger partial charge is 0.406 e. The first kappa shape index (κ1) is 22.0. The van der Waals surface area contributed by atoms with Gasteiger partial charge in [-0.05, 0) is 18.2 Å². The molecule has 1 aromatic carbocycles. The summed E-state index contributed by atoms with van der Waals surface area (Å²) >= 11 is 0. The molecule has 33 heavy (non-hydrogen) atoms. The molecule has 0 spiro atoms. The molecule has 2 aromatic heterocycles. The van der Waals surface area contributed by atoms with E-state index in [4.69, 9.17) is 0 Å². The van der Waals surface area contributed by atoms with Gasteiger partial charge in [0.25, 0.3) is 0 Å². The van der Waals surface area contributed by atoms with E-state index in [2.05, 4.69) is 35.3 Å². The Bertz CT molecular complexity index is 1130. The maximum Gasteiger partial charge on any atom is 0.573 e. The fraction of sp³-hybridized carbons (Fsp3) is 0.190. The summed E-state index contributed by atoms with van der Waals surface area (Å²) in [6.45, 7) is 1.49. The van der Waals surface area contributed by atoms with Crippen LogP contribution in [-0.2, 0) is 4.79 Å². The minimum Gasteiger partial charge on any atom is -0.406 e. The number of halogens is 3. The van der Waals surface area contributed by atoms with Crippen molar-refractivity contribution in [1.29, 1.82) is 0 Å². The molecule has 0 amide bonds. The third-order valence-electron chi connectivity index (χ3n) is 4.54. The van der Waals surface area contributed by atoms with E-state index in [-0.39, 0.29) is 17.7 Å². The Morgan fingerprint density at radius 3 is 2.64 bits per heavy atom. The third kappa shape index (κ3) is 6.15. The summed E-state index contributed by atoms with van der Waals surface area (Å²) in [5.41, 5.74) is 1.52. The molecule has 2 N–H and O–H groups in total. The predicted octanol–water partition coefficient (Wildman–Crippen LogP) is 3.38. The first-order chi connectivity index (χ1) is 15.9. The number of ether oxygens (including phenoxy) is 1.